The summed E-state index contributed by atoms with van der Waals surface area (Å²) in [5.74, 6) is -0.264. The normalized spacial score (nSPS) is 18.3. The number of aromatic nitrogens is 1. The summed E-state index contributed by atoms with van der Waals surface area (Å²) in [4.78, 5) is 14.6. The van der Waals surface area contributed by atoms with Gasteiger partial charge in [-0.2, -0.15) is 0 Å². The van der Waals surface area contributed by atoms with E-state index in [9.17, 15) is 4.79 Å². The second-order valence-corrected chi connectivity index (χ2v) is 5.07. The standard InChI is InChI=1S/C14H20N2O2/c1-10(11-5-3-2-4-6-11)16-12-7-8-13(14(17)18)15-9-12/h7-11,16H,2-6H2,1H3,(H,17,18). The number of carboxylic acids is 1. The average Bonchev–Trinajstić information content (AvgIpc) is 2.40. The van der Waals surface area contributed by atoms with E-state index in [4.69, 9.17) is 5.11 Å². The van der Waals surface area contributed by atoms with Gasteiger partial charge in [-0.3, -0.25) is 0 Å². The zero-order chi connectivity index (χ0) is 13.0. The van der Waals surface area contributed by atoms with Crippen molar-refractivity contribution >= 4 is 11.7 Å². The fourth-order valence-electron chi connectivity index (χ4n) is 2.62. The Kier molecular flexibility index (Phi) is 4.18. The van der Waals surface area contributed by atoms with Gasteiger partial charge in [0.25, 0.3) is 0 Å². The SMILES string of the molecule is CC(Nc1ccc(C(=O)O)nc1)C1CCCCC1. The molecule has 1 aromatic heterocycles. The highest BCUT2D eigenvalue weighted by molar-refractivity contribution is 5.85. The molecular formula is C14H20N2O2. The van der Waals surface area contributed by atoms with Gasteiger partial charge in [0.1, 0.15) is 5.69 Å². The Morgan fingerprint density at radius 3 is 2.67 bits per heavy atom. The van der Waals surface area contributed by atoms with Crippen LogP contribution in [0.2, 0.25) is 0 Å². The molecule has 4 heteroatoms. The minimum absolute atomic E-state index is 0.0888. The van der Waals surface area contributed by atoms with Crippen LogP contribution in [0.15, 0.2) is 18.3 Å². The van der Waals surface area contributed by atoms with Crippen LogP contribution in [0, 0.1) is 5.92 Å². The molecule has 0 bridgehead atoms. The molecule has 1 heterocycles. The van der Waals surface area contributed by atoms with Gasteiger partial charge in [-0.25, -0.2) is 9.78 Å². The molecule has 1 unspecified atom stereocenters. The van der Waals surface area contributed by atoms with Gasteiger partial charge in [0.05, 0.1) is 11.9 Å². The van der Waals surface area contributed by atoms with Crippen LogP contribution >= 0.6 is 0 Å². The third-order valence-corrected chi connectivity index (χ3v) is 3.73. The highest BCUT2D eigenvalue weighted by atomic mass is 16.4. The molecule has 1 atom stereocenters. The molecule has 1 aliphatic carbocycles. The number of carbonyl (C=O) groups is 1. The molecule has 1 aliphatic rings. The molecule has 4 nitrogen and oxygen atoms in total. The summed E-state index contributed by atoms with van der Waals surface area (Å²) in [7, 11) is 0. The maximum Gasteiger partial charge on any atom is 0.354 e. The van der Waals surface area contributed by atoms with Crippen LogP contribution in [0.4, 0.5) is 5.69 Å². The lowest BCUT2D eigenvalue weighted by molar-refractivity contribution is 0.0690. The smallest absolute Gasteiger partial charge is 0.354 e. The average molecular weight is 248 g/mol. The predicted molar refractivity (Wildman–Crippen MR) is 70.9 cm³/mol. The Morgan fingerprint density at radius 2 is 2.11 bits per heavy atom. The number of nitrogens with zero attached hydrogens (tertiary/aromatic N) is 1. The molecule has 18 heavy (non-hydrogen) atoms. The zero-order valence-electron chi connectivity index (χ0n) is 10.7. The number of aromatic carboxylic acids is 1. The quantitative estimate of drug-likeness (QED) is 0.859. The van der Waals surface area contributed by atoms with Crippen molar-refractivity contribution in [3.63, 3.8) is 0 Å². The van der Waals surface area contributed by atoms with Gasteiger partial charge in [-0.1, -0.05) is 19.3 Å². The zero-order valence-corrected chi connectivity index (χ0v) is 10.7. The molecule has 2 N–H and O–H groups in total. The molecule has 1 fully saturated rings. The summed E-state index contributed by atoms with van der Waals surface area (Å²) >= 11 is 0. The van der Waals surface area contributed by atoms with E-state index in [1.165, 1.54) is 38.2 Å². The lowest BCUT2D eigenvalue weighted by atomic mass is 9.84. The van der Waals surface area contributed by atoms with E-state index in [1.54, 1.807) is 12.3 Å². The lowest BCUT2D eigenvalue weighted by Gasteiger charge is -2.28. The molecule has 98 valence electrons. The van der Waals surface area contributed by atoms with Crippen LogP contribution in [0.25, 0.3) is 0 Å². The van der Waals surface area contributed by atoms with E-state index in [0.29, 0.717) is 6.04 Å². The fraction of sp³-hybridized carbons (Fsp3) is 0.571. The number of anilines is 1. The molecule has 2 rings (SSSR count). The molecule has 0 aromatic carbocycles. The van der Waals surface area contributed by atoms with Crippen molar-refractivity contribution in [2.75, 3.05) is 5.32 Å². The number of hydrogen-bond acceptors (Lipinski definition) is 3. The molecule has 0 aliphatic heterocycles. The highest BCUT2D eigenvalue weighted by Gasteiger charge is 2.19. The van der Waals surface area contributed by atoms with E-state index >= 15 is 0 Å². The van der Waals surface area contributed by atoms with Crippen LogP contribution in [-0.2, 0) is 0 Å². The van der Waals surface area contributed by atoms with Crippen molar-refractivity contribution in [1.82, 2.24) is 4.98 Å². The van der Waals surface area contributed by atoms with Gasteiger partial charge < -0.3 is 10.4 Å². The molecule has 0 spiro atoms. The van der Waals surface area contributed by atoms with Crippen LogP contribution in [0.5, 0.6) is 0 Å². The Hall–Kier alpha value is -1.58. The summed E-state index contributed by atoms with van der Waals surface area (Å²) < 4.78 is 0. The van der Waals surface area contributed by atoms with Gasteiger partial charge in [-0.15, -0.1) is 0 Å². The fourth-order valence-corrected chi connectivity index (χ4v) is 2.62. The van der Waals surface area contributed by atoms with Crippen molar-refractivity contribution in [3.8, 4) is 0 Å². The molecular weight excluding hydrogens is 228 g/mol. The summed E-state index contributed by atoms with van der Waals surface area (Å²) in [6, 6.07) is 3.75. The van der Waals surface area contributed by atoms with Crippen LogP contribution in [-0.4, -0.2) is 22.1 Å². The van der Waals surface area contributed by atoms with Gasteiger partial charge in [0, 0.05) is 6.04 Å². The third-order valence-electron chi connectivity index (χ3n) is 3.73. The second-order valence-electron chi connectivity index (χ2n) is 5.07. The van der Waals surface area contributed by atoms with Gasteiger partial charge >= 0.3 is 5.97 Å². The Labute approximate surface area is 107 Å². The van der Waals surface area contributed by atoms with Gasteiger partial charge in [0.2, 0.25) is 0 Å². The maximum absolute atomic E-state index is 10.7. The number of rotatable bonds is 4. The third kappa shape index (κ3) is 3.22. The van der Waals surface area contributed by atoms with Gasteiger partial charge in [0.15, 0.2) is 0 Å². The van der Waals surface area contributed by atoms with E-state index in [0.717, 1.165) is 11.6 Å². The molecule has 1 saturated carbocycles. The monoisotopic (exact) mass is 248 g/mol. The molecule has 0 saturated heterocycles. The Balaban J connectivity index is 1.93. The largest absolute Gasteiger partial charge is 0.477 e. The first-order chi connectivity index (χ1) is 8.66. The van der Waals surface area contributed by atoms with Crippen LogP contribution in [0.3, 0.4) is 0 Å². The summed E-state index contributed by atoms with van der Waals surface area (Å²) in [6.45, 7) is 2.20. The maximum atomic E-state index is 10.7. The molecule has 1 aromatic rings. The van der Waals surface area contributed by atoms with E-state index < -0.39 is 5.97 Å². The summed E-state index contributed by atoms with van der Waals surface area (Å²) in [6.07, 6.45) is 8.18. The number of carboxylic acid groups (broad SMARTS) is 1. The number of nitrogens with one attached hydrogen (secondary N) is 1. The second kappa shape index (κ2) is 5.85. The number of pyridine rings is 1. The van der Waals surface area contributed by atoms with E-state index in [2.05, 4.69) is 17.2 Å². The number of hydrogen-bond donors (Lipinski definition) is 2. The summed E-state index contributed by atoms with van der Waals surface area (Å²) in [5, 5.41) is 12.2. The van der Waals surface area contributed by atoms with Crippen molar-refractivity contribution in [1.29, 1.82) is 0 Å². The first-order valence-corrected chi connectivity index (χ1v) is 6.62. The topological polar surface area (TPSA) is 62.2 Å². The van der Waals surface area contributed by atoms with E-state index in [1.807, 2.05) is 0 Å². The summed E-state index contributed by atoms with van der Waals surface area (Å²) in [5.41, 5.74) is 0.990. The van der Waals surface area contributed by atoms with Gasteiger partial charge in [-0.05, 0) is 37.8 Å². The Morgan fingerprint density at radius 1 is 1.39 bits per heavy atom. The van der Waals surface area contributed by atoms with Crippen molar-refractivity contribution < 1.29 is 9.90 Å². The molecule has 0 amide bonds. The van der Waals surface area contributed by atoms with Crippen molar-refractivity contribution in [2.24, 2.45) is 5.92 Å². The highest BCUT2D eigenvalue weighted by Crippen LogP contribution is 2.27. The Bertz CT molecular complexity index is 397. The lowest BCUT2D eigenvalue weighted by Crippen LogP contribution is -2.27. The minimum Gasteiger partial charge on any atom is -0.477 e. The van der Waals surface area contributed by atoms with Crippen molar-refractivity contribution in [2.45, 2.75) is 45.1 Å². The van der Waals surface area contributed by atoms with Crippen LogP contribution < -0.4 is 5.32 Å². The first-order valence-electron chi connectivity index (χ1n) is 6.62. The minimum atomic E-state index is -0.984. The predicted octanol–water partition coefficient (Wildman–Crippen LogP) is 3.16. The van der Waals surface area contributed by atoms with Crippen LogP contribution in [0.1, 0.15) is 49.5 Å². The van der Waals surface area contributed by atoms with Crippen molar-refractivity contribution in [3.05, 3.63) is 24.0 Å². The van der Waals surface area contributed by atoms with E-state index in [-0.39, 0.29) is 5.69 Å². The first kappa shape index (κ1) is 12.9. The molecule has 0 radical (unpaired) electrons.